The van der Waals surface area contributed by atoms with Crippen LogP contribution in [-0.2, 0) is 0 Å². The molecule has 5 nitrogen and oxygen atoms in total. The van der Waals surface area contributed by atoms with Gasteiger partial charge in [0.15, 0.2) is 12.2 Å². The molecule has 0 spiro atoms. The maximum Gasteiger partial charge on any atom is 0.181 e. The lowest BCUT2D eigenvalue weighted by Crippen LogP contribution is -2.19. The SMILES string of the molecule is CC(c1nc2ccc(-c3cnco3)cc2[nH]1)C1CCC(c2ccnc3ccc(F)cc23)CC1. The number of aromatic nitrogens is 4. The van der Waals surface area contributed by atoms with Gasteiger partial charge in [0.2, 0.25) is 0 Å². The predicted octanol–water partition coefficient (Wildman–Crippen LogP) is 6.98. The summed E-state index contributed by atoms with van der Waals surface area (Å²) in [4.78, 5) is 16.9. The van der Waals surface area contributed by atoms with Crippen molar-refractivity contribution < 1.29 is 8.81 Å². The lowest BCUT2D eigenvalue weighted by Gasteiger charge is -2.32. The van der Waals surface area contributed by atoms with Crippen LogP contribution < -0.4 is 0 Å². The maximum atomic E-state index is 13.9. The number of hydrogen-bond donors (Lipinski definition) is 1. The summed E-state index contributed by atoms with van der Waals surface area (Å²) in [5, 5.41) is 0.953. The molecule has 0 radical (unpaired) electrons. The van der Waals surface area contributed by atoms with Crippen molar-refractivity contribution in [3.8, 4) is 11.3 Å². The van der Waals surface area contributed by atoms with Crippen molar-refractivity contribution in [2.24, 2.45) is 5.92 Å². The minimum atomic E-state index is -0.199. The standard InChI is InChI=1S/C27H25FN4O/c1-16(27-31-24-8-6-19(12-25(24)32-27)26-14-29-15-33-26)17-2-4-18(5-3-17)21-10-11-30-23-9-7-20(28)13-22(21)23/h6-18H,2-5H2,1H3,(H,31,32). The van der Waals surface area contributed by atoms with Crippen LogP contribution in [-0.4, -0.2) is 19.9 Å². The molecule has 0 bridgehead atoms. The maximum absolute atomic E-state index is 13.9. The molecule has 1 aliphatic rings. The molecule has 5 aromatic rings. The Hall–Kier alpha value is -3.54. The van der Waals surface area contributed by atoms with E-state index in [0.29, 0.717) is 17.8 Å². The molecular formula is C27H25FN4O. The number of nitrogens with one attached hydrogen (secondary N) is 1. The molecule has 1 aliphatic carbocycles. The highest BCUT2D eigenvalue weighted by Crippen LogP contribution is 2.43. The van der Waals surface area contributed by atoms with Gasteiger partial charge in [0, 0.05) is 23.1 Å². The van der Waals surface area contributed by atoms with Gasteiger partial charge in [0.25, 0.3) is 0 Å². The fourth-order valence-corrected chi connectivity index (χ4v) is 5.41. The molecule has 1 atom stereocenters. The fraction of sp³-hybridized carbons (Fsp3) is 0.296. The summed E-state index contributed by atoms with van der Waals surface area (Å²) < 4.78 is 19.3. The van der Waals surface area contributed by atoms with Crippen molar-refractivity contribution in [3.63, 3.8) is 0 Å². The molecule has 33 heavy (non-hydrogen) atoms. The average molecular weight is 441 g/mol. The van der Waals surface area contributed by atoms with E-state index < -0.39 is 0 Å². The van der Waals surface area contributed by atoms with Gasteiger partial charge in [-0.05, 0) is 85.5 Å². The zero-order valence-electron chi connectivity index (χ0n) is 18.5. The number of fused-ring (bicyclic) bond motifs is 2. The number of nitrogens with zero attached hydrogens (tertiary/aromatic N) is 3. The first-order chi connectivity index (χ1) is 16.2. The minimum absolute atomic E-state index is 0.199. The van der Waals surface area contributed by atoms with Gasteiger partial charge >= 0.3 is 0 Å². The van der Waals surface area contributed by atoms with Crippen LogP contribution in [0.2, 0.25) is 0 Å². The number of pyridine rings is 1. The van der Waals surface area contributed by atoms with E-state index in [2.05, 4.69) is 34.0 Å². The summed E-state index contributed by atoms with van der Waals surface area (Å²) >= 11 is 0. The first kappa shape index (κ1) is 20.1. The molecule has 0 saturated heterocycles. The van der Waals surface area contributed by atoms with Gasteiger partial charge in [-0.2, -0.15) is 0 Å². The zero-order chi connectivity index (χ0) is 22.4. The lowest BCUT2D eigenvalue weighted by atomic mass is 9.73. The number of hydrogen-bond acceptors (Lipinski definition) is 4. The molecule has 0 amide bonds. The van der Waals surface area contributed by atoms with Crippen LogP contribution in [0, 0.1) is 11.7 Å². The number of benzene rings is 2. The van der Waals surface area contributed by atoms with Gasteiger partial charge in [-0.1, -0.05) is 6.92 Å². The molecule has 6 rings (SSSR count). The van der Waals surface area contributed by atoms with Gasteiger partial charge in [-0.15, -0.1) is 0 Å². The summed E-state index contributed by atoms with van der Waals surface area (Å²) in [5.41, 5.74) is 5.08. The van der Waals surface area contributed by atoms with Crippen LogP contribution in [0.4, 0.5) is 4.39 Å². The normalized spacial score (nSPS) is 19.8. The average Bonchev–Trinajstić information content (AvgIpc) is 3.53. The highest BCUT2D eigenvalue weighted by atomic mass is 19.1. The van der Waals surface area contributed by atoms with Gasteiger partial charge in [0.05, 0.1) is 22.7 Å². The molecular weight excluding hydrogens is 415 g/mol. The van der Waals surface area contributed by atoms with Crippen molar-refractivity contribution in [1.29, 1.82) is 0 Å². The number of rotatable bonds is 4. The second kappa shape index (κ2) is 8.10. The Morgan fingerprint density at radius 3 is 2.70 bits per heavy atom. The third-order valence-electron chi connectivity index (χ3n) is 7.30. The summed E-state index contributed by atoms with van der Waals surface area (Å²) in [6.45, 7) is 2.28. The van der Waals surface area contributed by atoms with E-state index in [4.69, 9.17) is 9.40 Å². The smallest absolute Gasteiger partial charge is 0.181 e. The van der Waals surface area contributed by atoms with Gasteiger partial charge in [0.1, 0.15) is 11.6 Å². The predicted molar refractivity (Wildman–Crippen MR) is 126 cm³/mol. The molecule has 0 aliphatic heterocycles. The summed E-state index contributed by atoms with van der Waals surface area (Å²) in [7, 11) is 0. The molecule has 1 N–H and O–H groups in total. The largest absolute Gasteiger partial charge is 0.444 e. The number of H-pyrrole nitrogens is 1. The molecule has 1 unspecified atom stereocenters. The number of imidazole rings is 1. The minimum Gasteiger partial charge on any atom is -0.444 e. The third kappa shape index (κ3) is 3.69. The van der Waals surface area contributed by atoms with Crippen LogP contribution in [0.25, 0.3) is 33.3 Å². The van der Waals surface area contributed by atoms with E-state index in [1.807, 2.05) is 18.3 Å². The van der Waals surface area contributed by atoms with Crippen molar-refractivity contribution in [3.05, 3.63) is 78.5 Å². The van der Waals surface area contributed by atoms with Crippen LogP contribution in [0.5, 0.6) is 0 Å². The van der Waals surface area contributed by atoms with E-state index in [9.17, 15) is 4.39 Å². The highest BCUT2D eigenvalue weighted by molar-refractivity contribution is 5.83. The number of aromatic amines is 1. The Labute approximate surface area is 191 Å². The quantitative estimate of drug-likeness (QED) is 0.327. The fourth-order valence-electron chi connectivity index (χ4n) is 5.41. The Balaban J connectivity index is 1.20. The topological polar surface area (TPSA) is 67.6 Å². The highest BCUT2D eigenvalue weighted by Gasteiger charge is 2.29. The monoisotopic (exact) mass is 440 g/mol. The molecule has 6 heteroatoms. The van der Waals surface area contributed by atoms with Crippen LogP contribution in [0.3, 0.4) is 0 Å². The summed E-state index contributed by atoms with van der Waals surface area (Å²) in [6.07, 6.45) is 9.48. The van der Waals surface area contributed by atoms with E-state index in [0.717, 1.165) is 64.8 Å². The van der Waals surface area contributed by atoms with Crippen molar-refractivity contribution in [1.82, 2.24) is 19.9 Å². The molecule has 1 saturated carbocycles. The molecule has 3 aromatic heterocycles. The van der Waals surface area contributed by atoms with Gasteiger partial charge in [-0.3, -0.25) is 4.98 Å². The molecule has 166 valence electrons. The number of halogens is 1. The Bertz CT molecular complexity index is 1420. The molecule has 3 heterocycles. The van der Waals surface area contributed by atoms with Crippen molar-refractivity contribution in [2.45, 2.75) is 44.4 Å². The van der Waals surface area contributed by atoms with Crippen LogP contribution in [0.15, 0.2) is 65.7 Å². The molecule has 1 fully saturated rings. The van der Waals surface area contributed by atoms with Crippen LogP contribution >= 0.6 is 0 Å². The van der Waals surface area contributed by atoms with E-state index in [1.165, 1.54) is 18.0 Å². The summed E-state index contributed by atoms with van der Waals surface area (Å²) in [5.74, 6) is 2.96. The van der Waals surface area contributed by atoms with Gasteiger partial charge < -0.3 is 9.40 Å². The Morgan fingerprint density at radius 1 is 1.03 bits per heavy atom. The van der Waals surface area contributed by atoms with Crippen molar-refractivity contribution in [2.75, 3.05) is 0 Å². The van der Waals surface area contributed by atoms with E-state index >= 15 is 0 Å². The first-order valence-electron chi connectivity index (χ1n) is 11.6. The third-order valence-corrected chi connectivity index (χ3v) is 7.30. The van der Waals surface area contributed by atoms with E-state index in [-0.39, 0.29) is 5.82 Å². The molecule has 2 aromatic carbocycles. The van der Waals surface area contributed by atoms with Gasteiger partial charge in [-0.25, -0.2) is 14.4 Å². The van der Waals surface area contributed by atoms with Crippen molar-refractivity contribution >= 4 is 21.9 Å². The second-order valence-electron chi connectivity index (χ2n) is 9.18. The van der Waals surface area contributed by atoms with E-state index in [1.54, 1.807) is 18.3 Å². The zero-order valence-corrected chi connectivity index (χ0v) is 18.5. The second-order valence-corrected chi connectivity index (χ2v) is 9.18. The Kier molecular flexibility index (Phi) is 4.93. The Morgan fingerprint density at radius 2 is 1.88 bits per heavy atom. The summed E-state index contributed by atoms with van der Waals surface area (Å²) in [6, 6.07) is 13.1. The number of oxazole rings is 1. The first-order valence-corrected chi connectivity index (χ1v) is 11.6. The lowest BCUT2D eigenvalue weighted by molar-refractivity contribution is 0.286. The van der Waals surface area contributed by atoms with Crippen LogP contribution in [0.1, 0.15) is 55.8 Å².